The molecule has 0 amide bonds. The van der Waals surface area contributed by atoms with Gasteiger partial charge >= 0.3 is 0 Å². The fourth-order valence-electron chi connectivity index (χ4n) is 0.966. The third kappa shape index (κ3) is 2.26. The van der Waals surface area contributed by atoms with Crippen molar-refractivity contribution in [2.24, 2.45) is 0 Å². The molecule has 13 heavy (non-hydrogen) atoms. The van der Waals surface area contributed by atoms with Gasteiger partial charge in [0.2, 0.25) is 0 Å². The van der Waals surface area contributed by atoms with Crippen molar-refractivity contribution in [2.45, 2.75) is 5.88 Å². The molecule has 0 aliphatic heterocycles. The van der Waals surface area contributed by atoms with E-state index in [9.17, 15) is 0 Å². The molecule has 0 heterocycles. The van der Waals surface area contributed by atoms with E-state index >= 15 is 0 Å². The smallest absolute Gasteiger partial charge is 0.133 e. The number of ether oxygens (including phenoxy) is 1. The monoisotopic (exact) mass is 307 g/mol. The molecule has 4 heteroatoms. The van der Waals surface area contributed by atoms with Gasteiger partial charge in [-0.15, -0.1) is 11.6 Å². The van der Waals surface area contributed by atoms with E-state index in [0.717, 1.165) is 9.13 Å². The van der Waals surface area contributed by atoms with Gasteiger partial charge < -0.3 is 4.74 Å². The fraction of sp³-hybridized carbons (Fsp3) is 0.222. The van der Waals surface area contributed by atoms with Crippen molar-refractivity contribution in [3.63, 3.8) is 0 Å². The van der Waals surface area contributed by atoms with Crippen LogP contribution in [0.3, 0.4) is 0 Å². The van der Waals surface area contributed by atoms with Gasteiger partial charge in [-0.3, -0.25) is 0 Å². The van der Waals surface area contributed by atoms with Crippen LogP contribution in [0.1, 0.15) is 11.1 Å². The number of halogens is 2. The Balaban J connectivity index is 3.28. The zero-order valence-corrected chi connectivity index (χ0v) is 9.89. The number of alkyl halides is 1. The maximum atomic E-state index is 8.79. The van der Waals surface area contributed by atoms with Gasteiger partial charge in [0.1, 0.15) is 5.75 Å². The predicted octanol–water partition coefficient (Wildman–Crippen LogP) is 2.91. The summed E-state index contributed by atoms with van der Waals surface area (Å²) < 4.78 is 6.05. The summed E-state index contributed by atoms with van der Waals surface area (Å²) in [6.07, 6.45) is 0. The molecular weight excluding hydrogens is 300 g/mol. The molecule has 0 fully saturated rings. The predicted molar refractivity (Wildman–Crippen MR) is 60.0 cm³/mol. The first-order valence-electron chi connectivity index (χ1n) is 3.55. The van der Waals surface area contributed by atoms with Crippen molar-refractivity contribution in [2.75, 3.05) is 7.11 Å². The molecule has 0 radical (unpaired) electrons. The summed E-state index contributed by atoms with van der Waals surface area (Å²) in [6.45, 7) is 0. The molecule has 0 aliphatic rings. The fourth-order valence-corrected chi connectivity index (χ4v) is 1.94. The van der Waals surface area contributed by atoms with Crippen molar-refractivity contribution in [3.05, 3.63) is 26.8 Å². The Bertz CT molecular complexity index is 359. The van der Waals surface area contributed by atoms with E-state index in [1.54, 1.807) is 13.2 Å². The lowest BCUT2D eigenvalue weighted by atomic mass is 10.1. The van der Waals surface area contributed by atoms with E-state index in [0.29, 0.717) is 17.2 Å². The van der Waals surface area contributed by atoms with E-state index in [1.807, 2.05) is 6.07 Å². The van der Waals surface area contributed by atoms with Gasteiger partial charge in [-0.05, 0) is 40.3 Å². The Morgan fingerprint density at radius 1 is 1.62 bits per heavy atom. The highest BCUT2D eigenvalue weighted by molar-refractivity contribution is 14.1. The lowest BCUT2D eigenvalue weighted by Gasteiger charge is -2.06. The minimum Gasteiger partial charge on any atom is -0.496 e. The summed E-state index contributed by atoms with van der Waals surface area (Å²) in [5.74, 6) is 1.06. The lowest BCUT2D eigenvalue weighted by Crippen LogP contribution is -1.92. The molecule has 68 valence electrons. The molecule has 0 bridgehead atoms. The first-order chi connectivity index (χ1) is 6.22. The lowest BCUT2D eigenvalue weighted by molar-refractivity contribution is 0.411. The van der Waals surface area contributed by atoms with Crippen LogP contribution in [0.5, 0.6) is 5.75 Å². The number of nitrogens with zero attached hydrogens (tertiary/aromatic N) is 1. The van der Waals surface area contributed by atoms with Crippen LogP contribution >= 0.6 is 34.2 Å². The molecule has 0 saturated heterocycles. The number of rotatable bonds is 2. The zero-order valence-electron chi connectivity index (χ0n) is 6.97. The van der Waals surface area contributed by atoms with Crippen LogP contribution in [0, 0.1) is 14.9 Å². The van der Waals surface area contributed by atoms with Gasteiger partial charge in [0.15, 0.2) is 0 Å². The van der Waals surface area contributed by atoms with Crippen molar-refractivity contribution in [3.8, 4) is 11.8 Å². The largest absolute Gasteiger partial charge is 0.496 e. The second kappa shape index (κ2) is 4.68. The first-order valence-corrected chi connectivity index (χ1v) is 5.16. The van der Waals surface area contributed by atoms with E-state index in [4.69, 9.17) is 21.6 Å². The normalized spacial score (nSPS) is 9.38. The van der Waals surface area contributed by atoms with Crippen molar-refractivity contribution >= 4 is 34.2 Å². The average molecular weight is 308 g/mol. The van der Waals surface area contributed by atoms with Gasteiger partial charge in [-0.1, -0.05) is 0 Å². The molecule has 1 rings (SSSR count). The van der Waals surface area contributed by atoms with Crippen LogP contribution in [0.15, 0.2) is 12.1 Å². The summed E-state index contributed by atoms with van der Waals surface area (Å²) in [4.78, 5) is 0. The zero-order chi connectivity index (χ0) is 9.84. The Morgan fingerprint density at radius 3 is 2.77 bits per heavy atom. The quantitative estimate of drug-likeness (QED) is 0.622. The van der Waals surface area contributed by atoms with E-state index in [-0.39, 0.29) is 0 Å². The highest BCUT2D eigenvalue weighted by Gasteiger charge is 2.07. The molecule has 1 aromatic rings. The third-order valence-electron chi connectivity index (χ3n) is 1.64. The van der Waals surface area contributed by atoms with E-state index < -0.39 is 0 Å². The molecular formula is C9H7ClINO. The van der Waals surface area contributed by atoms with E-state index in [2.05, 4.69) is 28.7 Å². The highest BCUT2D eigenvalue weighted by atomic mass is 127. The standard InChI is InChI=1S/C9H7ClINO/c1-13-9-3-7(5-12)6(4-10)2-8(9)11/h2-3H,4H2,1H3. The number of hydrogen-bond acceptors (Lipinski definition) is 2. The average Bonchev–Trinajstić information content (AvgIpc) is 2.17. The number of benzene rings is 1. The van der Waals surface area contributed by atoms with Crippen molar-refractivity contribution in [1.29, 1.82) is 5.26 Å². The summed E-state index contributed by atoms with van der Waals surface area (Å²) in [6, 6.07) is 5.65. The van der Waals surface area contributed by atoms with E-state index in [1.165, 1.54) is 0 Å². The van der Waals surface area contributed by atoms with Gasteiger partial charge in [0.25, 0.3) is 0 Å². The van der Waals surface area contributed by atoms with Gasteiger partial charge in [0.05, 0.1) is 22.3 Å². The number of nitriles is 1. The molecule has 0 atom stereocenters. The first kappa shape index (κ1) is 10.6. The van der Waals surface area contributed by atoms with Gasteiger partial charge in [-0.2, -0.15) is 5.26 Å². The van der Waals surface area contributed by atoms with Crippen LogP contribution in [0.4, 0.5) is 0 Å². The second-order valence-electron chi connectivity index (χ2n) is 2.39. The molecule has 0 unspecified atom stereocenters. The number of methoxy groups -OCH3 is 1. The minimum absolute atomic E-state index is 0.350. The Hall–Kier alpha value is -0.470. The van der Waals surface area contributed by atoms with Gasteiger partial charge in [-0.25, -0.2) is 0 Å². The van der Waals surface area contributed by atoms with Crippen LogP contribution in [-0.2, 0) is 5.88 Å². The summed E-state index contributed by atoms with van der Waals surface area (Å²) in [7, 11) is 1.58. The SMILES string of the molecule is COc1cc(C#N)c(CCl)cc1I. The van der Waals surface area contributed by atoms with Crippen molar-refractivity contribution < 1.29 is 4.74 Å². The molecule has 0 N–H and O–H groups in total. The van der Waals surface area contributed by atoms with Gasteiger partial charge in [0, 0.05) is 5.88 Å². The topological polar surface area (TPSA) is 33.0 Å². The van der Waals surface area contributed by atoms with Crippen LogP contribution in [0.2, 0.25) is 0 Å². The third-order valence-corrected chi connectivity index (χ3v) is 2.77. The summed E-state index contributed by atoms with van der Waals surface area (Å²) in [5.41, 5.74) is 1.42. The number of hydrogen-bond donors (Lipinski definition) is 0. The Labute approximate surface area is 95.6 Å². The summed E-state index contributed by atoms with van der Waals surface area (Å²) >= 11 is 7.83. The minimum atomic E-state index is 0.350. The molecule has 0 aromatic heterocycles. The molecule has 1 aromatic carbocycles. The molecule has 2 nitrogen and oxygen atoms in total. The highest BCUT2D eigenvalue weighted by Crippen LogP contribution is 2.25. The van der Waals surface area contributed by atoms with Crippen LogP contribution in [-0.4, -0.2) is 7.11 Å². The maximum absolute atomic E-state index is 8.79. The molecule has 0 saturated carbocycles. The molecule has 0 spiro atoms. The molecule has 0 aliphatic carbocycles. The maximum Gasteiger partial charge on any atom is 0.133 e. The summed E-state index contributed by atoms with van der Waals surface area (Å²) in [5, 5.41) is 8.79. The Kier molecular flexibility index (Phi) is 3.82. The van der Waals surface area contributed by atoms with Crippen molar-refractivity contribution in [1.82, 2.24) is 0 Å². The second-order valence-corrected chi connectivity index (χ2v) is 3.82. The Morgan fingerprint density at radius 2 is 2.31 bits per heavy atom. The van der Waals surface area contributed by atoms with Crippen LogP contribution in [0.25, 0.3) is 0 Å². The van der Waals surface area contributed by atoms with Crippen LogP contribution < -0.4 is 4.74 Å².